The summed E-state index contributed by atoms with van der Waals surface area (Å²) in [5, 5.41) is 15.9. The molecule has 0 saturated heterocycles. The highest BCUT2D eigenvalue weighted by atomic mass is 32.2. The van der Waals surface area contributed by atoms with E-state index >= 15 is 0 Å². The number of hydrogen-bond acceptors (Lipinski definition) is 7. The number of unbranched alkanes of at least 4 members (excludes halogenated alkanes) is 3. The Morgan fingerprint density at radius 1 is 1.24 bits per heavy atom. The van der Waals surface area contributed by atoms with Crippen LogP contribution in [0, 0.1) is 0 Å². The van der Waals surface area contributed by atoms with Gasteiger partial charge in [0, 0.05) is 13.1 Å². The summed E-state index contributed by atoms with van der Waals surface area (Å²) in [6.07, 6.45) is 8.73. The highest BCUT2D eigenvalue weighted by Gasteiger charge is 2.17. The fourth-order valence-electron chi connectivity index (χ4n) is 2.23. The summed E-state index contributed by atoms with van der Waals surface area (Å²) in [6, 6.07) is 0. The van der Waals surface area contributed by atoms with Crippen molar-refractivity contribution >= 4 is 41.0 Å². The van der Waals surface area contributed by atoms with Gasteiger partial charge in [0.25, 0.3) is 0 Å². The predicted molar refractivity (Wildman–Crippen MR) is 100 cm³/mol. The summed E-state index contributed by atoms with van der Waals surface area (Å²) >= 11 is 3.23. The van der Waals surface area contributed by atoms with Gasteiger partial charge in [-0.2, -0.15) is 8.75 Å². The van der Waals surface area contributed by atoms with Crippen LogP contribution in [0.3, 0.4) is 0 Å². The van der Waals surface area contributed by atoms with Gasteiger partial charge in [0.05, 0.1) is 11.7 Å². The minimum absolute atomic E-state index is 1.01. The maximum absolute atomic E-state index is 9.10. The van der Waals surface area contributed by atoms with E-state index in [1.807, 2.05) is 11.8 Å². The fraction of sp³-hybridized carbons (Fsp3) is 0.625. The molecule has 0 aliphatic carbocycles. The molecule has 7 nitrogen and oxygen atoms in total. The van der Waals surface area contributed by atoms with Crippen LogP contribution in [-0.4, -0.2) is 61.7 Å². The second-order valence-corrected chi connectivity index (χ2v) is 7.31. The Kier molecular flexibility index (Phi) is 10.4. The van der Waals surface area contributed by atoms with Crippen LogP contribution in [0.15, 0.2) is 11.1 Å². The third-order valence-corrected chi connectivity index (χ3v) is 5.22. The van der Waals surface area contributed by atoms with E-state index in [0.717, 1.165) is 30.2 Å². The highest BCUT2D eigenvalue weighted by molar-refractivity contribution is 7.99. The topological polar surface area (TPSA) is 104 Å². The summed E-state index contributed by atoms with van der Waals surface area (Å²) in [5.41, 5.74) is 2.50. The van der Waals surface area contributed by atoms with Gasteiger partial charge in [0.1, 0.15) is 10.7 Å². The number of aliphatic carboxylic acids is 2. The molecule has 0 unspecified atom stereocenters. The maximum Gasteiger partial charge on any atom is 0.414 e. The number of rotatable bonds is 7. The first-order valence-electron chi connectivity index (χ1n) is 8.25. The van der Waals surface area contributed by atoms with Gasteiger partial charge in [-0.25, -0.2) is 9.59 Å². The van der Waals surface area contributed by atoms with E-state index in [-0.39, 0.29) is 0 Å². The third-order valence-electron chi connectivity index (χ3n) is 3.52. The van der Waals surface area contributed by atoms with Crippen LogP contribution >= 0.6 is 23.5 Å². The number of likely N-dealkylation sites (N-methyl/N-ethyl adjacent to an activating group) is 1. The van der Waals surface area contributed by atoms with Gasteiger partial charge in [-0.3, -0.25) is 0 Å². The van der Waals surface area contributed by atoms with Gasteiger partial charge < -0.3 is 15.1 Å². The Labute approximate surface area is 156 Å². The molecule has 0 saturated carbocycles. The standard InChI is InChI=1S/C14H23N3S2.C2H2O4/c1-3-4-5-6-10-18-14-13(15-19-16-14)12-8-7-9-17(2)11-12;3-1(4)2(5)6/h8H,3-7,9-11H2,1-2H3;(H,3,4)(H,5,6). The van der Waals surface area contributed by atoms with E-state index in [4.69, 9.17) is 19.8 Å². The average Bonchev–Trinajstić information content (AvgIpc) is 3.03. The first kappa shape index (κ1) is 21.6. The normalized spacial score (nSPS) is 14.4. The van der Waals surface area contributed by atoms with Gasteiger partial charge in [-0.1, -0.05) is 32.3 Å². The average molecular weight is 388 g/mol. The molecule has 0 radical (unpaired) electrons. The molecule has 0 amide bonds. The van der Waals surface area contributed by atoms with Crippen LogP contribution in [0.1, 0.15) is 44.7 Å². The molecule has 140 valence electrons. The Morgan fingerprint density at radius 3 is 2.56 bits per heavy atom. The Hall–Kier alpha value is -1.45. The van der Waals surface area contributed by atoms with Crippen molar-refractivity contribution in [2.75, 3.05) is 25.9 Å². The molecule has 0 atom stereocenters. The molecule has 9 heteroatoms. The molecule has 1 aliphatic heterocycles. The monoisotopic (exact) mass is 387 g/mol. The summed E-state index contributed by atoms with van der Waals surface area (Å²) in [6.45, 7) is 4.41. The number of aromatic nitrogens is 2. The zero-order chi connectivity index (χ0) is 18.7. The molecule has 1 aliphatic rings. The lowest BCUT2D eigenvalue weighted by Crippen LogP contribution is -2.25. The minimum atomic E-state index is -1.82. The molecule has 2 rings (SSSR count). The molecule has 2 N–H and O–H groups in total. The van der Waals surface area contributed by atoms with Crippen LogP contribution in [-0.2, 0) is 9.59 Å². The number of nitrogens with zero attached hydrogens (tertiary/aromatic N) is 3. The van der Waals surface area contributed by atoms with Gasteiger partial charge in [-0.15, -0.1) is 11.8 Å². The molecule has 0 spiro atoms. The molecule has 0 aromatic carbocycles. The van der Waals surface area contributed by atoms with Crippen LogP contribution in [0.2, 0.25) is 0 Å². The van der Waals surface area contributed by atoms with Crippen molar-refractivity contribution in [3.63, 3.8) is 0 Å². The van der Waals surface area contributed by atoms with E-state index in [1.165, 1.54) is 48.7 Å². The number of thioether (sulfide) groups is 1. The predicted octanol–water partition coefficient (Wildman–Crippen LogP) is 3.09. The van der Waals surface area contributed by atoms with Gasteiger partial charge >= 0.3 is 11.9 Å². The van der Waals surface area contributed by atoms with Gasteiger partial charge in [0.15, 0.2) is 0 Å². The second-order valence-electron chi connectivity index (χ2n) is 5.69. The quantitative estimate of drug-likeness (QED) is 0.418. The smallest absolute Gasteiger partial charge is 0.414 e. The van der Waals surface area contributed by atoms with Crippen molar-refractivity contribution in [2.45, 2.75) is 44.1 Å². The summed E-state index contributed by atoms with van der Waals surface area (Å²) in [7, 11) is 2.17. The van der Waals surface area contributed by atoms with E-state index in [2.05, 4.69) is 33.7 Å². The van der Waals surface area contributed by atoms with Crippen LogP contribution in [0.4, 0.5) is 0 Å². The lowest BCUT2D eigenvalue weighted by Gasteiger charge is -2.22. The van der Waals surface area contributed by atoms with Crippen molar-refractivity contribution in [3.05, 3.63) is 11.8 Å². The third kappa shape index (κ3) is 8.46. The molecule has 2 heterocycles. The SMILES string of the molecule is CCCCCCSc1nsnc1C1=CCCN(C)C1.O=C(O)C(=O)O. The number of carboxylic acid groups (broad SMARTS) is 2. The lowest BCUT2D eigenvalue weighted by atomic mass is 10.1. The van der Waals surface area contributed by atoms with Crippen molar-refractivity contribution in [3.8, 4) is 0 Å². The van der Waals surface area contributed by atoms with Crippen molar-refractivity contribution < 1.29 is 19.8 Å². The Morgan fingerprint density at radius 2 is 1.96 bits per heavy atom. The van der Waals surface area contributed by atoms with Crippen molar-refractivity contribution in [1.29, 1.82) is 0 Å². The fourth-order valence-corrected chi connectivity index (χ4v) is 3.94. The molecule has 0 fully saturated rings. The highest BCUT2D eigenvalue weighted by Crippen LogP contribution is 2.29. The van der Waals surface area contributed by atoms with Crippen molar-refractivity contribution in [1.82, 2.24) is 13.6 Å². The molecule has 1 aromatic rings. The Bertz CT molecular complexity index is 578. The van der Waals surface area contributed by atoms with E-state index in [9.17, 15) is 0 Å². The lowest BCUT2D eigenvalue weighted by molar-refractivity contribution is -0.159. The molecular formula is C16H25N3O4S2. The van der Waals surface area contributed by atoms with E-state index < -0.39 is 11.9 Å². The molecule has 1 aromatic heterocycles. The van der Waals surface area contributed by atoms with Gasteiger partial charge in [-0.05, 0) is 31.2 Å². The first-order chi connectivity index (χ1) is 12.0. The number of carbonyl (C=O) groups is 2. The molecule has 0 bridgehead atoms. The summed E-state index contributed by atoms with van der Waals surface area (Å²) in [4.78, 5) is 20.6. The zero-order valence-corrected chi connectivity index (χ0v) is 16.2. The summed E-state index contributed by atoms with van der Waals surface area (Å²) < 4.78 is 8.97. The van der Waals surface area contributed by atoms with Crippen LogP contribution < -0.4 is 0 Å². The van der Waals surface area contributed by atoms with Crippen LogP contribution in [0.25, 0.3) is 5.57 Å². The first-order valence-corrected chi connectivity index (χ1v) is 9.96. The van der Waals surface area contributed by atoms with E-state index in [1.54, 1.807) is 0 Å². The molecular weight excluding hydrogens is 362 g/mol. The number of carboxylic acids is 2. The van der Waals surface area contributed by atoms with Gasteiger partial charge in [0.2, 0.25) is 0 Å². The minimum Gasteiger partial charge on any atom is -0.473 e. The second kappa shape index (κ2) is 12.0. The largest absolute Gasteiger partial charge is 0.473 e. The van der Waals surface area contributed by atoms with E-state index in [0.29, 0.717) is 0 Å². The number of hydrogen-bond donors (Lipinski definition) is 2. The molecule has 25 heavy (non-hydrogen) atoms. The maximum atomic E-state index is 9.10. The van der Waals surface area contributed by atoms with Crippen LogP contribution in [0.5, 0.6) is 0 Å². The zero-order valence-electron chi connectivity index (χ0n) is 14.6. The van der Waals surface area contributed by atoms with Crippen molar-refractivity contribution in [2.24, 2.45) is 0 Å². The summed E-state index contributed by atoms with van der Waals surface area (Å²) in [5.74, 6) is -2.48. The Balaban J connectivity index is 0.000000450.